The molecule has 1 aromatic rings. The van der Waals surface area contributed by atoms with Crippen molar-refractivity contribution in [3.8, 4) is 6.07 Å². The molecular formula is C12H17N3O. The van der Waals surface area contributed by atoms with Gasteiger partial charge in [0.05, 0.1) is 5.60 Å². The monoisotopic (exact) mass is 219 g/mol. The highest BCUT2D eigenvalue weighted by Gasteiger charge is 2.33. The van der Waals surface area contributed by atoms with Gasteiger partial charge in [-0.2, -0.15) is 5.26 Å². The predicted molar refractivity (Wildman–Crippen MR) is 60.6 cm³/mol. The van der Waals surface area contributed by atoms with Crippen molar-refractivity contribution in [1.29, 1.82) is 5.26 Å². The Hall–Kier alpha value is -1.31. The van der Waals surface area contributed by atoms with Gasteiger partial charge in [-0.15, -0.1) is 0 Å². The van der Waals surface area contributed by atoms with Crippen LogP contribution in [-0.2, 0) is 13.6 Å². The molecule has 0 bridgehead atoms. The molecule has 0 aromatic carbocycles. The van der Waals surface area contributed by atoms with E-state index in [2.05, 4.69) is 11.4 Å². The van der Waals surface area contributed by atoms with Gasteiger partial charge >= 0.3 is 0 Å². The number of nitrogens with one attached hydrogen (secondary N) is 1. The third kappa shape index (κ3) is 2.26. The molecule has 0 radical (unpaired) electrons. The van der Waals surface area contributed by atoms with Crippen molar-refractivity contribution in [2.24, 2.45) is 7.05 Å². The maximum Gasteiger partial charge on any atom is 0.120 e. The van der Waals surface area contributed by atoms with Crippen molar-refractivity contribution in [2.75, 3.05) is 6.54 Å². The van der Waals surface area contributed by atoms with Crippen LogP contribution in [0.3, 0.4) is 0 Å². The molecule has 4 heteroatoms. The quantitative estimate of drug-likeness (QED) is 0.791. The molecular weight excluding hydrogens is 202 g/mol. The fourth-order valence-corrected chi connectivity index (χ4v) is 2.04. The molecule has 1 aliphatic carbocycles. The molecule has 1 fully saturated rings. The van der Waals surface area contributed by atoms with Crippen LogP contribution in [0, 0.1) is 11.3 Å². The lowest BCUT2D eigenvalue weighted by atomic mass is 9.80. The van der Waals surface area contributed by atoms with Crippen LogP contribution in [0.25, 0.3) is 0 Å². The van der Waals surface area contributed by atoms with E-state index in [0.29, 0.717) is 18.8 Å². The van der Waals surface area contributed by atoms with E-state index in [0.717, 1.165) is 24.8 Å². The van der Waals surface area contributed by atoms with Crippen LogP contribution in [0.15, 0.2) is 12.3 Å². The van der Waals surface area contributed by atoms with Crippen molar-refractivity contribution in [2.45, 2.75) is 31.4 Å². The summed E-state index contributed by atoms with van der Waals surface area (Å²) in [5, 5.41) is 21.9. The smallest absolute Gasteiger partial charge is 0.120 e. The first-order valence-corrected chi connectivity index (χ1v) is 5.61. The number of aromatic nitrogens is 1. The summed E-state index contributed by atoms with van der Waals surface area (Å²) in [4.78, 5) is 0. The second kappa shape index (κ2) is 4.28. The van der Waals surface area contributed by atoms with Crippen LogP contribution in [0.4, 0.5) is 0 Å². The van der Waals surface area contributed by atoms with E-state index < -0.39 is 5.60 Å². The highest BCUT2D eigenvalue weighted by Crippen LogP contribution is 2.30. The molecule has 0 saturated heterocycles. The predicted octanol–water partition coefficient (Wildman–Crippen LogP) is 0.901. The summed E-state index contributed by atoms with van der Waals surface area (Å²) in [5.74, 6) is 0. The molecule has 0 amide bonds. The van der Waals surface area contributed by atoms with Crippen molar-refractivity contribution in [3.05, 3.63) is 23.5 Å². The third-order valence-electron chi connectivity index (χ3n) is 3.24. The molecule has 2 rings (SSSR count). The number of nitriles is 1. The minimum Gasteiger partial charge on any atom is -0.389 e. The fourth-order valence-electron chi connectivity index (χ4n) is 2.04. The molecule has 0 aliphatic heterocycles. The SMILES string of the molecule is Cn1cc(CNCC2(O)CCC2)cc1C#N. The molecule has 1 aliphatic rings. The molecule has 0 spiro atoms. The lowest BCUT2D eigenvalue weighted by Crippen LogP contribution is -2.45. The van der Waals surface area contributed by atoms with E-state index in [1.54, 1.807) is 0 Å². The Bertz CT molecular complexity index is 412. The lowest BCUT2D eigenvalue weighted by Gasteiger charge is -2.36. The summed E-state index contributed by atoms with van der Waals surface area (Å²) < 4.78 is 1.81. The summed E-state index contributed by atoms with van der Waals surface area (Å²) in [7, 11) is 1.86. The van der Waals surface area contributed by atoms with Crippen LogP contribution in [0.1, 0.15) is 30.5 Å². The van der Waals surface area contributed by atoms with Gasteiger partial charge in [0.2, 0.25) is 0 Å². The largest absolute Gasteiger partial charge is 0.389 e. The van der Waals surface area contributed by atoms with Gasteiger partial charge in [0, 0.05) is 26.3 Å². The zero-order valence-electron chi connectivity index (χ0n) is 9.53. The van der Waals surface area contributed by atoms with E-state index in [1.807, 2.05) is 23.9 Å². The molecule has 4 nitrogen and oxygen atoms in total. The molecule has 2 N–H and O–H groups in total. The summed E-state index contributed by atoms with van der Waals surface area (Å²) in [5.41, 5.74) is 1.27. The van der Waals surface area contributed by atoms with Crippen LogP contribution >= 0.6 is 0 Å². The summed E-state index contributed by atoms with van der Waals surface area (Å²) in [6, 6.07) is 4.00. The zero-order valence-corrected chi connectivity index (χ0v) is 9.53. The molecule has 1 aromatic heterocycles. The normalized spacial score (nSPS) is 17.8. The summed E-state index contributed by atoms with van der Waals surface area (Å²) >= 11 is 0. The van der Waals surface area contributed by atoms with Gasteiger partial charge in [-0.1, -0.05) is 0 Å². The van der Waals surface area contributed by atoms with Gasteiger partial charge in [0.15, 0.2) is 0 Å². The molecule has 86 valence electrons. The highest BCUT2D eigenvalue weighted by molar-refractivity contribution is 5.28. The maximum absolute atomic E-state index is 9.87. The van der Waals surface area contributed by atoms with Crippen LogP contribution in [0.2, 0.25) is 0 Å². The first kappa shape index (κ1) is 11.2. The topological polar surface area (TPSA) is 61.0 Å². The molecule has 16 heavy (non-hydrogen) atoms. The minimum absolute atomic E-state index is 0.479. The van der Waals surface area contributed by atoms with Crippen molar-refractivity contribution in [3.63, 3.8) is 0 Å². The fraction of sp³-hybridized carbons (Fsp3) is 0.583. The summed E-state index contributed by atoms with van der Waals surface area (Å²) in [6.45, 7) is 1.35. The van der Waals surface area contributed by atoms with E-state index >= 15 is 0 Å². The van der Waals surface area contributed by atoms with Crippen molar-refractivity contribution >= 4 is 0 Å². The molecule has 1 heterocycles. The van der Waals surface area contributed by atoms with Gasteiger partial charge in [0.25, 0.3) is 0 Å². The van der Waals surface area contributed by atoms with Gasteiger partial charge < -0.3 is 15.0 Å². The Morgan fingerprint density at radius 2 is 2.38 bits per heavy atom. The average Bonchev–Trinajstić information content (AvgIpc) is 2.56. The van der Waals surface area contributed by atoms with E-state index in [1.165, 1.54) is 0 Å². The Morgan fingerprint density at radius 1 is 1.62 bits per heavy atom. The average molecular weight is 219 g/mol. The minimum atomic E-state index is -0.479. The van der Waals surface area contributed by atoms with E-state index in [4.69, 9.17) is 5.26 Å². The van der Waals surface area contributed by atoms with Gasteiger partial charge in [0.1, 0.15) is 11.8 Å². The first-order chi connectivity index (χ1) is 7.63. The number of hydrogen-bond donors (Lipinski definition) is 2. The second-order valence-corrected chi connectivity index (χ2v) is 4.64. The lowest BCUT2D eigenvalue weighted by molar-refractivity contribution is -0.0314. The second-order valence-electron chi connectivity index (χ2n) is 4.64. The molecule has 1 saturated carbocycles. The Kier molecular flexibility index (Phi) is 2.99. The summed E-state index contributed by atoms with van der Waals surface area (Å²) in [6.07, 6.45) is 4.87. The highest BCUT2D eigenvalue weighted by atomic mass is 16.3. The Balaban J connectivity index is 1.83. The first-order valence-electron chi connectivity index (χ1n) is 5.61. The number of aryl methyl sites for hydroxylation is 1. The van der Waals surface area contributed by atoms with Crippen molar-refractivity contribution in [1.82, 2.24) is 9.88 Å². The zero-order chi connectivity index (χ0) is 11.6. The molecule has 0 unspecified atom stereocenters. The number of aliphatic hydroxyl groups is 1. The van der Waals surface area contributed by atoms with Crippen LogP contribution in [0.5, 0.6) is 0 Å². The van der Waals surface area contributed by atoms with E-state index in [-0.39, 0.29) is 0 Å². The number of hydrogen-bond acceptors (Lipinski definition) is 3. The van der Waals surface area contributed by atoms with Gasteiger partial charge in [-0.25, -0.2) is 0 Å². The van der Waals surface area contributed by atoms with Crippen LogP contribution in [-0.4, -0.2) is 21.8 Å². The third-order valence-corrected chi connectivity index (χ3v) is 3.24. The Morgan fingerprint density at radius 3 is 2.88 bits per heavy atom. The Labute approximate surface area is 95.5 Å². The van der Waals surface area contributed by atoms with Gasteiger partial charge in [-0.05, 0) is 30.9 Å². The number of nitrogens with zero attached hydrogens (tertiary/aromatic N) is 2. The maximum atomic E-state index is 9.87. The standard InChI is InChI=1S/C12H17N3O/c1-15-8-10(5-11(15)6-13)7-14-9-12(16)3-2-4-12/h5,8,14,16H,2-4,7,9H2,1H3. The number of rotatable bonds is 4. The van der Waals surface area contributed by atoms with Gasteiger partial charge in [-0.3, -0.25) is 0 Å². The molecule has 0 atom stereocenters. The van der Waals surface area contributed by atoms with E-state index in [9.17, 15) is 5.11 Å². The van der Waals surface area contributed by atoms with Crippen LogP contribution < -0.4 is 5.32 Å². The van der Waals surface area contributed by atoms with Crippen molar-refractivity contribution < 1.29 is 5.11 Å².